The van der Waals surface area contributed by atoms with E-state index in [1.54, 1.807) is 0 Å². The zero-order valence-electron chi connectivity index (χ0n) is 9.82. The Kier molecular flexibility index (Phi) is 2.59. The predicted octanol–water partition coefficient (Wildman–Crippen LogP) is 1.55. The van der Waals surface area contributed by atoms with E-state index < -0.39 is 0 Å². The van der Waals surface area contributed by atoms with Crippen molar-refractivity contribution in [3.8, 4) is 0 Å². The second kappa shape index (κ2) is 3.76. The smallest absolute Gasteiger partial charge is 0.150 e. The molecule has 0 aromatic carbocycles. The van der Waals surface area contributed by atoms with Crippen molar-refractivity contribution in [3.63, 3.8) is 0 Å². The van der Waals surface area contributed by atoms with E-state index in [0.717, 1.165) is 29.7 Å². The number of aromatic nitrogens is 2. The summed E-state index contributed by atoms with van der Waals surface area (Å²) in [5, 5.41) is 4.33. The summed E-state index contributed by atoms with van der Waals surface area (Å²) in [5.41, 5.74) is 7.76. The molecule has 0 unspecified atom stereocenters. The average Bonchev–Trinajstić information content (AvgIpc) is 2.34. The van der Waals surface area contributed by atoms with Crippen molar-refractivity contribution in [1.29, 1.82) is 0 Å². The monoisotopic (exact) mass is 208 g/mol. The molecule has 15 heavy (non-hydrogen) atoms. The van der Waals surface area contributed by atoms with E-state index in [-0.39, 0.29) is 0 Å². The maximum Gasteiger partial charge on any atom is 0.150 e. The van der Waals surface area contributed by atoms with E-state index in [9.17, 15) is 0 Å². The zero-order chi connectivity index (χ0) is 11.0. The fourth-order valence-corrected chi connectivity index (χ4v) is 2.26. The molecule has 0 saturated heterocycles. The van der Waals surface area contributed by atoms with Crippen LogP contribution in [0, 0.1) is 12.8 Å². The number of rotatable bonds is 3. The summed E-state index contributed by atoms with van der Waals surface area (Å²) < 4.78 is 1.88. The minimum Gasteiger partial charge on any atom is -0.394 e. The first-order chi connectivity index (χ1) is 7.09. The van der Waals surface area contributed by atoms with Crippen molar-refractivity contribution in [2.24, 2.45) is 13.0 Å². The third kappa shape index (κ3) is 1.80. The first-order valence-electron chi connectivity index (χ1n) is 5.59. The van der Waals surface area contributed by atoms with E-state index in [2.05, 4.69) is 17.0 Å². The highest BCUT2D eigenvalue weighted by atomic mass is 15.4. The van der Waals surface area contributed by atoms with Gasteiger partial charge in [0.05, 0.1) is 11.4 Å². The fraction of sp³-hybridized carbons (Fsp3) is 0.727. The van der Waals surface area contributed by atoms with Crippen LogP contribution in [0.4, 0.5) is 11.5 Å². The van der Waals surface area contributed by atoms with Gasteiger partial charge in [0.1, 0.15) is 5.82 Å². The molecular formula is C11H20N4. The summed E-state index contributed by atoms with van der Waals surface area (Å²) in [6.07, 6.45) is 4.11. The maximum atomic E-state index is 6.01. The van der Waals surface area contributed by atoms with Crippen LogP contribution in [-0.2, 0) is 7.05 Å². The number of aryl methyl sites for hydroxylation is 2. The van der Waals surface area contributed by atoms with Crippen LogP contribution >= 0.6 is 0 Å². The first kappa shape index (κ1) is 10.3. The Morgan fingerprint density at radius 2 is 2.20 bits per heavy atom. The zero-order valence-corrected chi connectivity index (χ0v) is 9.82. The molecule has 0 bridgehead atoms. The lowest BCUT2D eigenvalue weighted by molar-refractivity contribution is 0.320. The lowest BCUT2D eigenvalue weighted by atomic mass is 9.85. The Morgan fingerprint density at radius 3 is 2.60 bits per heavy atom. The molecule has 4 nitrogen and oxygen atoms in total. The van der Waals surface area contributed by atoms with Crippen molar-refractivity contribution in [3.05, 3.63) is 5.69 Å². The largest absolute Gasteiger partial charge is 0.394 e. The number of hydrogen-bond acceptors (Lipinski definition) is 3. The molecule has 0 spiro atoms. The van der Waals surface area contributed by atoms with Crippen LogP contribution < -0.4 is 10.6 Å². The van der Waals surface area contributed by atoms with Gasteiger partial charge in [-0.1, -0.05) is 6.42 Å². The normalized spacial score (nSPS) is 16.5. The highest BCUT2D eigenvalue weighted by Crippen LogP contribution is 2.30. The summed E-state index contributed by atoms with van der Waals surface area (Å²) >= 11 is 0. The van der Waals surface area contributed by atoms with Crippen LogP contribution in [0.5, 0.6) is 0 Å². The van der Waals surface area contributed by atoms with Gasteiger partial charge in [0.15, 0.2) is 0 Å². The molecule has 1 fully saturated rings. The Labute approximate surface area is 91.1 Å². The Balaban J connectivity index is 2.12. The van der Waals surface area contributed by atoms with E-state index in [4.69, 9.17) is 5.73 Å². The van der Waals surface area contributed by atoms with Gasteiger partial charge < -0.3 is 10.6 Å². The fourth-order valence-electron chi connectivity index (χ4n) is 2.26. The van der Waals surface area contributed by atoms with Gasteiger partial charge in [-0.15, -0.1) is 0 Å². The predicted molar refractivity (Wildman–Crippen MR) is 63.0 cm³/mol. The van der Waals surface area contributed by atoms with E-state index >= 15 is 0 Å². The Bertz CT molecular complexity index is 352. The van der Waals surface area contributed by atoms with Crippen molar-refractivity contribution in [2.75, 3.05) is 24.2 Å². The molecule has 1 aromatic rings. The second-order valence-corrected chi connectivity index (χ2v) is 4.62. The molecule has 1 saturated carbocycles. The molecule has 1 aliphatic rings. The SMILES string of the molecule is Cc1nn(C)c(N(C)CC2CCC2)c1N. The van der Waals surface area contributed by atoms with Crippen LogP contribution in [0.15, 0.2) is 0 Å². The average molecular weight is 208 g/mol. The Hall–Kier alpha value is -1.19. The number of hydrogen-bond donors (Lipinski definition) is 1. The molecular weight excluding hydrogens is 188 g/mol. The van der Waals surface area contributed by atoms with Gasteiger partial charge >= 0.3 is 0 Å². The molecule has 1 aromatic heterocycles. The molecule has 1 heterocycles. The summed E-state index contributed by atoms with van der Waals surface area (Å²) in [7, 11) is 4.06. The van der Waals surface area contributed by atoms with Crippen LogP contribution in [0.1, 0.15) is 25.0 Å². The van der Waals surface area contributed by atoms with Crippen LogP contribution in [0.25, 0.3) is 0 Å². The Morgan fingerprint density at radius 1 is 1.53 bits per heavy atom. The van der Waals surface area contributed by atoms with E-state index in [1.165, 1.54) is 19.3 Å². The molecule has 2 N–H and O–H groups in total. The summed E-state index contributed by atoms with van der Waals surface area (Å²) in [6.45, 7) is 3.05. The van der Waals surface area contributed by atoms with Gasteiger partial charge in [0.25, 0.3) is 0 Å². The molecule has 4 heteroatoms. The van der Waals surface area contributed by atoms with Crippen LogP contribution in [0.3, 0.4) is 0 Å². The van der Waals surface area contributed by atoms with Gasteiger partial charge in [-0.25, -0.2) is 0 Å². The molecule has 0 radical (unpaired) electrons. The van der Waals surface area contributed by atoms with Gasteiger partial charge in [-0.2, -0.15) is 5.10 Å². The topological polar surface area (TPSA) is 47.1 Å². The summed E-state index contributed by atoms with van der Waals surface area (Å²) in [4.78, 5) is 2.24. The number of nitrogen functional groups attached to an aromatic ring is 1. The quantitative estimate of drug-likeness (QED) is 0.819. The number of anilines is 2. The van der Waals surface area contributed by atoms with Crippen molar-refractivity contribution in [1.82, 2.24) is 9.78 Å². The van der Waals surface area contributed by atoms with Gasteiger partial charge in [-0.05, 0) is 25.7 Å². The lowest BCUT2D eigenvalue weighted by Gasteiger charge is -2.31. The number of nitrogens with two attached hydrogens (primary N) is 1. The molecule has 2 rings (SSSR count). The lowest BCUT2D eigenvalue weighted by Crippen LogP contribution is -2.31. The molecule has 0 amide bonds. The van der Waals surface area contributed by atoms with Crippen LogP contribution in [0.2, 0.25) is 0 Å². The van der Waals surface area contributed by atoms with Gasteiger partial charge in [0, 0.05) is 20.6 Å². The van der Waals surface area contributed by atoms with Crippen molar-refractivity contribution >= 4 is 11.5 Å². The summed E-state index contributed by atoms with van der Waals surface area (Å²) in [5.74, 6) is 1.91. The summed E-state index contributed by atoms with van der Waals surface area (Å²) in [6, 6.07) is 0. The maximum absolute atomic E-state index is 6.01. The highest BCUT2D eigenvalue weighted by Gasteiger charge is 2.22. The van der Waals surface area contributed by atoms with Gasteiger partial charge in [0.2, 0.25) is 0 Å². The standard InChI is InChI=1S/C11H20N4/c1-8-10(12)11(15(3)13-8)14(2)7-9-5-4-6-9/h9H,4-7,12H2,1-3H3. The second-order valence-electron chi connectivity index (χ2n) is 4.62. The molecule has 0 aliphatic heterocycles. The van der Waals surface area contributed by atoms with Gasteiger partial charge in [-0.3, -0.25) is 4.68 Å². The molecule has 84 valence electrons. The highest BCUT2D eigenvalue weighted by molar-refractivity contribution is 5.65. The van der Waals surface area contributed by atoms with Crippen molar-refractivity contribution < 1.29 is 0 Å². The third-order valence-electron chi connectivity index (χ3n) is 3.36. The third-order valence-corrected chi connectivity index (χ3v) is 3.36. The van der Waals surface area contributed by atoms with E-state index in [0.29, 0.717) is 0 Å². The minimum absolute atomic E-state index is 0.819. The molecule has 1 aliphatic carbocycles. The molecule has 0 atom stereocenters. The van der Waals surface area contributed by atoms with Crippen LogP contribution in [-0.4, -0.2) is 23.4 Å². The number of nitrogens with zero attached hydrogens (tertiary/aromatic N) is 3. The van der Waals surface area contributed by atoms with E-state index in [1.807, 2.05) is 18.7 Å². The minimum atomic E-state index is 0.819. The first-order valence-corrected chi connectivity index (χ1v) is 5.59. The van der Waals surface area contributed by atoms with Crippen molar-refractivity contribution in [2.45, 2.75) is 26.2 Å².